The van der Waals surface area contributed by atoms with Crippen molar-refractivity contribution in [1.82, 2.24) is 4.98 Å². The van der Waals surface area contributed by atoms with Crippen LogP contribution in [0.25, 0.3) is 0 Å². The Morgan fingerprint density at radius 3 is 2.45 bits per heavy atom. The van der Waals surface area contributed by atoms with Gasteiger partial charge in [-0.15, -0.1) is 0 Å². The van der Waals surface area contributed by atoms with Crippen molar-refractivity contribution in [2.75, 3.05) is 11.9 Å². The average molecular weight is 273 g/mol. The molecule has 2 rings (SSSR count). The third-order valence-electron chi connectivity index (χ3n) is 3.36. The van der Waals surface area contributed by atoms with Crippen LogP contribution in [0.2, 0.25) is 0 Å². The molecule has 106 valence electrons. The zero-order valence-corrected chi connectivity index (χ0v) is 11.9. The van der Waals surface area contributed by atoms with Crippen molar-refractivity contribution in [1.29, 1.82) is 0 Å². The van der Waals surface area contributed by atoms with Gasteiger partial charge in [0.15, 0.2) is 0 Å². The van der Waals surface area contributed by atoms with Crippen molar-refractivity contribution < 1.29 is 4.39 Å². The second kappa shape index (κ2) is 6.48. The van der Waals surface area contributed by atoms with Gasteiger partial charge in [0, 0.05) is 19.6 Å². The smallest absolute Gasteiger partial charge is 0.123 e. The number of rotatable bonds is 5. The van der Waals surface area contributed by atoms with E-state index >= 15 is 0 Å². The molecule has 1 aromatic carbocycles. The molecule has 0 saturated carbocycles. The van der Waals surface area contributed by atoms with Crippen molar-refractivity contribution in [3.05, 3.63) is 59.7 Å². The molecule has 0 saturated heterocycles. The van der Waals surface area contributed by atoms with Crippen molar-refractivity contribution in [3.8, 4) is 0 Å². The van der Waals surface area contributed by atoms with Gasteiger partial charge in [-0.3, -0.25) is 4.98 Å². The summed E-state index contributed by atoms with van der Waals surface area (Å²) in [5.41, 5.74) is 8.93. The Kier molecular flexibility index (Phi) is 4.69. The largest absolute Gasteiger partial charge is 0.369 e. The van der Waals surface area contributed by atoms with Gasteiger partial charge in [0.2, 0.25) is 0 Å². The van der Waals surface area contributed by atoms with E-state index in [2.05, 4.69) is 9.88 Å². The molecule has 2 N–H and O–H groups in total. The van der Waals surface area contributed by atoms with Gasteiger partial charge in [0.25, 0.3) is 0 Å². The summed E-state index contributed by atoms with van der Waals surface area (Å²) in [6.07, 6.45) is 2.70. The standard InChI is InChI=1S/C16H20FN3/c1-3-15(18)16-9-8-14(10-19-16)20(2)11-12-4-6-13(17)7-5-12/h4-10,15H,3,11,18H2,1-2H3/t15-/m1/s1. The fraction of sp³-hybridized carbons (Fsp3) is 0.312. The molecular formula is C16H20FN3. The number of hydrogen-bond acceptors (Lipinski definition) is 3. The Morgan fingerprint density at radius 1 is 1.20 bits per heavy atom. The van der Waals surface area contributed by atoms with Crippen LogP contribution in [-0.4, -0.2) is 12.0 Å². The molecule has 0 aliphatic heterocycles. The summed E-state index contributed by atoms with van der Waals surface area (Å²) in [4.78, 5) is 6.47. The number of halogens is 1. The van der Waals surface area contributed by atoms with E-state index in [0.717, 1.165) is 23.4 Å². The second-order valence-electron chi connectivity index (χ2n) is 4.94. The predicted molar refractivity (Wildman–Crippen MR) is 80.0 cm³/mol. The minimum absolute atomic E-state index is 0.00791. The SMILES string of the molecule is CC[C@@H](N)c1ccc(N(C)Cc2ccc(F)cc2)cn1. The highest BCUT2D eigenvalue weighted by Crippen LogP contribution is 2.18. The van der Waals surface area contributed by atoms with E-state index < -0.39 is 0 Å². The molecule has 0 spiro atoms. The summed E-state index contributed by atoms with van der Waals surface area (Å²) in [7, 11) is 1.99. The third kappa shape index (κ3) is 3.54. The van der Waals surface area contributed by atoms with Crippen LogP contribution >= 0.6 is 0 Å². The van der Waals surface area contributed by atoms with Crippen LogP contribution in [0.15, 0.2) is 42.6 Å². The van der Waals surface area contributed by atoms with E-state index in [-0.39, 0.29) is 11.9 Å². The molecule has 0 bridgehead atoms. The summed E-state index contributed by atoms with van der Waals surface area (Å²) in [6, 6.07) is 10.5. The molecular weight excluding hydrogens is 253 g/mol. The average Bonchev–Trinajstić information content (AvgIpc) is 2.49. The molecule has 4 heteroatoms. The van der Waals surface area contributed by atoms with Crippen LogP contribution in [-0.2, 0) is 6.54 Å². The first kappa shape index (κ1) is 14.5. The number of anilines is 1. The lowest BCUT2D eigenvalue weighted by Gasteiger charge is -2.20. The number of hydrogen-bond donors (Lipinski definition) is 1. The van der Waals surface area contributed by atoms with E-state index in [1.54, 1.807) is 12.1 Å². The van der Waals surface area contributed by atoms with E-state index in [1.807, 2.05) is 32.3 Å². The Balaban J connectivity index is 2.05. The number of nitrogens with zero attached hydrogens (tertiary/aromatic N) is 2. The summed E-state index contributed by atoms with van der Waals surface area (Å²) in [5, 5.41) is 0. The monoisotopic (exact) mass is 273 g/mol. The molecule has 0 radical (unpaired) electrons. The van der Waals surface area contributed by atoms with Gasteiger partial charge in [0.05, 0.1) is 17.6 Å². The van der Waals surface area contributed by atoms with Crippen molar-refractivity contribution in [2.45, 2.75) is 25.9 Å². The normalized spacial score (nSPS) is 12.2. The molecule has 3 nitrogen and oxygen atoms in total. The van der Waals surface area contributed by atoms with Crippen molar-refractivity contribution in [3.63, 3.8) is 0 Å². The third-order valence-corrected chi connectivity index (χ3v) is 3.36. The van der Waals surface area contributed by atoms with Gasteiger partial charge in [-0.1, -0.05) is 19.1 Å². The zero-order valence-electron chi connectivity index (χ0n) is 11.9. The number of nitrogens with two attached hydrogens (primary N) is 1. The molecule has 0 aliphatic carbocycles. The molecule has 2 aromatic rings. The minimum atomic E-state index is -0.212. The minimum Gasteiger partial charge on any atom is -0.369 e. The van der Waals surface area contributed by atoms with Gasteiger partial charge in [-0.2, -0.15) is 0 Å². The highest BCUT2D eigenvalue weighted by atomic mass is 19.1. The zero-order chi connectivity index (χ0) is 14.5. The van der Waals surface area contributed by atoms with Crippen LogP contribution in [0.1, 0.15) is 30.6 Å². The molecule has 0 amide bonds. The Hall–Kier alpha value is -1.94. The maximum atomic E-state index is 12.9. The van der Waals surface area contributed by atoms with Gasteiger partial charge in [0.1, 0.15) is 5.82 Å². The fourth-order valence-electron chi connectivity index (χ4n) is 2.01. The van der Waals surface area contributed by atoms with E-state index in [4.69, 9.17) is 5.73 Å². The first-order valence-corrected chi connectivity index (χ1v) is 6.77. The second-order valence-corrected chi connectivity index (χ2v) is 4.94. The van der Waals surface area contributed by atoms with Crippen LogP contribution in [0.3, 0.4) is 0 Å². The summed E-state index contributed by atoms with van der Waals surface area (Å²) >= 11 is 0. The topological polar surface area (TPSA) is 42.1 Å². The first-order chi connectivity index (χ1) is 9.60. The number of aromatic nitrogens is 1. The lowest BCUT2D eigenvalue weighted by atomic mass is 10.1. The van der Waals surface area contributed by atoms with Crippen LogP contribution in [0.5, 0.6) is 0 Å². The quantitative estimate of drug-likeness (QED) is 0.909. The number of benzene rings is 1. The van der Waals surface area contributed by atoms with Gasteiger partial charge >= 0.3 is 0 Å². The summed E-state index contributed by atoms with van der Waals surface area (Å²) in [6.45, 7) is 2.75. The van der Waals surface area contributed by atoms with Gasteiger partial charge in [-0.25, -0.2) is 4.39 Å². The molecule has 1 atom stereocenters. The van der Waals surface area contributed by atoms with E-state index in [1.165, 1.54) is 12.1 Å². The molecule has 0 fully saturated rings. The molecule has 0 unspecified atom stereocenters. The van der Waals surface area contributed by atoms with Crippen molar-refractivity contribution >= 4 is 5.69 Å². The molecule has 1 heterocycles. The molecule has 20 heavy (non-hydrogen) atoms. The van der Waals surface area contributed by atoms with Crippen molar-refractivity contribution in [2.24, 2.45) is 5.73 Å². The Labute approximate surface area is 119 Å². The van der Waals surface area contributed by atoms with Crippen LogP contribution < -0.4 is 10.6 Å². The maximum absolute atomic E-state index is 12.9. The predicted octanol–water partition coefficient (Wildman–Crippen LogP) is 3.27. The highest BCUT2D eigenvalue weighted by Gasteiger charge is 2.07. The summed E-state index contributed by atoms with van der Waals surface area (Å²) < 4.78 is 12.9. The van der Waals surface area contributed by atoms with Gasteiger partial charge in [-0.05, 0) is 36.2 Å². The lowest BCUT2D eigenvalue weighted by Crippen LogP contribution is -2.17. The van der Waals surface area contributed by atoms with Gasteiger partial charge < -0.3 is 10.6 Å². The lowest BCUT2D eigenvalue weighted by molar-refractivity contribution is 0.627. The molecule has 0 aliphatic rings. The summed E-state index contributed by atoms with van der Waals surface area (Å²) in [5.74, 6) is -0.212. The van der Waals surface area contributed by atoms with E-state index in [9.17, 15) is 4.39 Å². The Bertz CT molecular complexity index is 537. The van der Waals surface area contributed by atoms with Crippen LogP contribution in [0, 0.1) is 5.82 Å². The maximum Gasteiger partial charge on any atom is 0.123 e. The fourth-order valence-corrected chi connectivity index (χ4v) is 2.01. The highest BCUT2D eigenvalue weighted by molar-refractivity contribution is 5.44. The van der Waals surface area contributed by atoms with E-state index in [0.29, 0.717) is 6.54 Å². The first-order valence-electron chi connectivity index (χ1n) is 6.77. The Morgan fingerprint density at radius 2 is 1.90 bits per heavy atom. The number of pyridine rings is 1. The molecule has 1 aromatic heterocycles. The van der Waals surface area contributed by atoms with Crippen LogP contribution in [0.4, 0.5) is 10.1 Å².